The maximum atomic E-state index is 3.66. The van der Waals surface area contributed by atoms with Crippen LogP contribution >= 0.6 is 18.6 Å². The third-order valence-corrected chi connectivity index (χ3v) is 17.0. The second-order valence-electron chi connectivity index (χ2n) is 4.76. The van der Waals surface area contributed by atoms with Gasteiger partial charge in [0.05, 0.1) is 0 Å². The zero-order valence-electron chi connectivity index (χ0n) is 9.99. The predicted molar refractivity (Wildman–Crippen MR) is 68.0 cm³/mol. The van der Waals surface area contributed by atoms with Crippen LogP contribution in [-0.4, -0.2) is 23.9 Å². The molecule has 0 spiro atoms. The zero-order chi connectivity index (χ0) is 11.5. The average molecular weight is 549 g/mol. The first-order valence-electron chi connectivity index (χ1n) is 5.60. The van der Waals surface area contributed by atoms with Gasteiger partial charge in [-0.15, -0.1) is 0 Å². The molecule has 1 aliphatic heterocycles. The molecule has 1 heterocycles. The number of nitrogens with one attached hydrogen (secondary N) is 1. The second-order valence-corrected chi connectivity index (χ2v) is 14.6. The van der Waals surface area contributed by atoms with Crippen LogP contribution in [0.3, 0.4) is 0 Å². The molecule has 0 aromatic rings. The molecule has 15 heavy (non-hydrogen) atoms. The number of halogens is 3. The van der Waals surface area contributed by atoms with Gasteiger partial charge in [0.2, 0.25) is 0 Å². The molecule has 0 aliphatic carbocycles. The Labute approximate surface area is 125 Å². The number of alkyl halides is 3. The molecular formula is C11H22I3N-2. The van der Waals surface area contributed by atoms with E-state index in [2.05, 4.69) is 51.6 Å². The molecule has 4 heteroatoms. The van der Waals surface area contributed by atoms with Crippen molar-refractivity contribution in [2.24, 2.45) is 0 Å². The van der Waals surface area contributed by atoms with E-state index in [1.54, 1.807) is 0 Å². The summed E-state index contributed by atoms with van der Waals surface area (Å²) in [5.74, 6) is 0. The number of rotatable bonds is 6. The fourth-order valence-electron chi connectivity index (χ4n) is 1.98. The quantitative estimate of drug-likeness (QED) is 0.273. The van der Waals surface area contributed by atoms with Crippen molar-refractivity contribution in [3.63, 3.8) is 0 Å². The molecule has 0 radical (unpaired) electrons. The Bertz CT molecular complexity index is 190. The van der Waals surface area contributed by atoms with Crippen LogP contribution in [0, 0.1) is 0 Å². The van der Waals surface area contributed by atoms with Crippen LogP contribution < -0.4 is 43.8 Å². The van der Waals surface area contributed by atoms with Gasteiger partial charge in [0, 0.05) is 0 Å². The number of hydrogen-bond donors (Lipinski definition) is 1. The van der Waals surface area contributed by atoms with E-state index < -0.39 is 0 Å². The number of hydrogen-bond acceptors (Lipinski definition) is 1. The Hall–Kier alpha value is 2.15. The molecule has 1 unspecified atom stereocenters. The Morgan fingerprint density at radius 1 is 1.53 bits per heavy atom. The molecule has 1 rings (SSSR count). The monoisotopic (exact) mass is 549 g/mol. The summed E-state index contributed by atoms with van der Waals surface area (Å²) in [6, 6.07) is 1.63. The Morgan fingerprint density at radius 2 is 2.13 bits per heavy atom. The van der Waals surface area contributed by atoms with E-state index in [0.29, 0.717) is 41.9 Å². The Morgan fingerprint density at radius 3 is 2.53 bits per heavy atom. The minimum absolute atomic E-state index is 0.354. The SMILES string of the molecule is CC[I-]C(C[C@@H]1C[C@H](C)N1)C(C)(C)[I-]I. The zero-order valence-corrected chi connectivity index (χ0v) is 16.5. The van der Waals surface area contributed by atoms with E-state index in [4.69, 9.17) is 0 Å². The van der Waals surface area contributed by atoms with Gasteiger partial charge in [-0.1, -0.05) is 0 Å². The van der Waals surface area contributed by atoms with Crippen molar-refractivity contribution in [1.82, 2.24) is 5.32 Å². The summed E-state index contributed by atoms with van der Waals surface area (Å²) >= 11 is 3.46. The van der Waals surface area contributed by atoms with Gasteiger partial charge in [0.15, 0.2) is 0 Å². The van der Waals surface area contributed by atoms with Crippen molar-refractivity contribution < 1.29 is 38.4 Å². The molecule has 0 aromatic heterocycles. The van der Waals surface area contributed by atoms with Crippen LogP contribution in [-0.2, 0) is 0 Å². The van der Waals surface area contributed by atoms with E-state index >= 15 is 0 Å². The molecule has 94 valence electrons. The molecule has 1 N–H and O–H groups in total. The predicted octanol–water partition coefficient (Wildman–Crippen LogP) is -3.18. The molecule has 1 saturated heterocycles. The van der Waals surface area contributed by atoms with E-state index in [0.717, 1.165) is 16.0 Å². The molecule has 1 nitrogen and oxygen atoms in total. The van der Waals surface area contributed by atoms with Crippen LogP contribution in [0.5, 0.6) is 0 Å². The average Bonchev–Trinajstić information content (AvgIpc) is 2.14. The maximum absolute atomic E-state index is 3.66. The third kappa shape index (κ3) is 4.73. The van der Waals surface area contributed by atoms with Crippen molar-refractivity contribution in [1.29, 1.82) is 0 Å². The van der Waals surface area contributed by atoms with Gasteiger partial charge in [-0.25, -0.2) is 0 Å². The van der Waals surface area contributed by atoms with Gasteiger partial charge in [-0.05, 0) is 0 Å². The standard InChI is InChI=1S/C11H22I3N/c1-5-13-10(11(3,4)14-12)7-9-6-8(2)15-9/h8-10,15H,5-7H2,1-4H3/q-2/t8-,9-,10?/m0/s1. The summed E-state index contributed by atoms with van der Waals surface area (Å²) in [5, 5.41) is 3.66. The van der Waals surface area contributed by atoms with Crippen molar-refractivity contribution >= 4 is 18.6 Å². The van der Waals surface area contributed by atoms with Crippen LogP contribution in [0.1, 0.15) is 40.5 Å². The molecule has 3 atom stereocenters. The minimum atomic E-state index is 0.354. The second kappa shape index (κ2) is 6.92. The van der Waals surface area contributed by atoms with Gasteiger partial charge >= 0.3 is 127 Å². The first kappa shape index (κ1) is 15.2. The van der Waals surface area contributed by atoms with Crippen molar-refractivity contribution in [2.75, 3.05) is 4.43 Å². The van der Waals surface area contributed by atoms with Crippen LogP contribution in [0.2, 0.25) is 0 Å². The van der Waals surface area contributed by atoms with E-state index in [1.165, 1.54) is 17.3 Å². The fraction of sp³-hybridized carbons (Fsp3) is 1.00. The third-order valence-electron chi connectivity index (χ3n) is 2.92. The van der Waals surface area contributed by atoms with Crippen molar-refractivity contribution in [2.45, 2.75) is 60.0 Å². The van der Waals surface area contributed by atoms with Crippen molar-refractivity contribution in [3.05, 3.63) is 0 Å². The molecule has 0 bridgehead atoms. The van der Waals surface area contributed by atoms with Gasteiger partial charge < -0.3 is 0 Å². The van der Waals surface area contributed by atoms with Crippen molar-refractivity contribution in [3.8, 4) is 0 Å². The van der Waals surface area contributed by atoms with Crippen LogP contribution in [0.25, 0.3) is 0 Å². The molecule has 1 fully saturated rings. The molecule has 1 aliphatic rings. The summed E-state index contributed by atoms with van der Waals surface area (Å²) in [6.45, 7) is 9.69. The Balaban J connectivity index is 2.43. The van der Waals surface area contributed by atoms with Gasteiger partial charge in [0.25, 0.3) is 0 Å². The topological polar surface area (TPSA) is 12.0 Å². The summed E-state index contributed by atoms with van der Waals surface area (Å²) in [5.41, 5.74) is 0. The summed E-state index contributed by atoms with van der Waals surface area (Å²) in [4.78, 5) is 0. The summed E-state index contributed by atoms with van der Waals surface area (Å²) in [6.07, 6.45) is 2.88. The Kier molecular flexibility index (Phi) is 7.01. The fourth-order valence-corrected chi connectivity index (χ4v) is 12.4. The van der Waals surface area contributed by atoms with Gasteiger partial charge in [-0.2, -0.15) is 0 Å². The van der Waals surface area contributed by atoms with E-state index in [9.17, 15) is 0 Å². The van der Waals surface area contributed by atoms with Crippen LogP contribution in [0.4, 0.5) is 0 Å². The molecule has 0 aromatic carbocycles. The normalized spacial score (nSPS) is 29.1. The summed E-state index contributed by atoms with van der Waals surface area (Å²) in [7, 11) is 0. The van der Waals surface area contributed by atoms with E-state index in [-0.39, 0.29) is 0 Å². The first-order chi connectivity index (χ1) is 6.99. The van der Waals surface area contributed by atoms with E-state index in [1.807, 2.05) is 0 Å². The van der Waals surface area contributed by atoms with Gasteiger partial charge in [0.1, 0.15) is 0 Å². The van der Waals surface area contributed by atoms with Gasteiger partial charge in [-0.3, -0.25) is 0 Å². The molecule has 0 amide bonds. The first-order valence-corrected chi connectivity index (χ1v) is 15.7. The van der Waals surface area contributed by atoms with Crippen LogP contribution in [0.15, 0.2) is 0 Å². The summed E-state index contributed by atoms with van der Waals surface area (Å²) < 4.78 is 3.18. The molecule has 0 saturated carbocycles. The molecular weight excluding hydrogens is 527 g/mol.